The van der Waals surface area contributed by atoms with Gasteiger partial charge in [0.25, 0.3) is 0 Å². The number of hydrazine groups is 1. The highest BCUT2D eigenvalue weighted by Gasteiger charge is 1.91. The Kier molecular flexibility index (Phi) is 19.1. The van der Waals surface area contributed by atoms with Crippen LogP contribution in [0.25, 0.3) is 0 Å². The van der Waals surface area contributed by atoms with Gasteiger partial charge in [0.2, 0.25) is 0 Å². The van der Waals surface area contributed by atoms with Crippen LogP contribution in [0, 0.1) is 0 Å². The van der Waals surface area contributed by atoms with E-state index < -0.39 is 0 Å². The van der Waals surface area contributed by atoms with Gasteiger partial charge in [0.1, 0.15) is 0 Å². The molecular formula is C6H22N4. The van der Waals surface area contributed by atoms with Crippen LogP contribution in [0.4, 0.5) is 0 Å². The fraction of sp³-hybridized carbons (Fsp3) is 1.00. The summed E-state index contributed by atoms with van der Waals surface area (Å²) in [6, 6.07) is 0. The molecule has 0 atom stereocenters. The first-order valence-corrected chi connectivity index (χ1v) is 3.33. The van der Waals surface area contributed by atoms with Gasteiger partial charge >= 0.3 is 0 Å². The van der Waals surface area contributed by atoms with Gasteiger partial charge < -0.3 is 12.3 Å². The molecule has 0 spiro atoms. The number of nitrogens with zero attached hydrogens (tertiary/aromatic N) is 1. The zero-order valence-corrected chi connectivity index (χ0v) is 7.48. The smallest absolute Gasteiger partial charge is 0.0102 e. The molecule has 0 aromatic carbocycles. The molecule has 0 bridgehead atoms. The second-order valence-electron chi connectivity index (χ2n) is 1.68. The zero-order chi connectivity index (χ0) is 6.41. The van der Waals surface area contributed by atoms with E-state index in [0.717, 1.165) is 19.6 Å². The molecule has 0 unspecified atom stereocenters. The van der Waals surface area contributed by atoms with Gasteiger partial charge in [-0.15, -0.1) is 0 Å². The Hall–Kier alpha value is -0.160. The number of hydrogen-bond acceptors (Lipinski definition) is 4. The molecule has 0 saturated heterocycles. The summed E-state index contributed by atoms with van der Waals surface area (Å²) in [5.74, 6) is 0. The Morgan fingerprint density at radius 2 is 1.40 bits per heavy atom. The van der Waals surface area contributed by atoms with Crippen LogP contribution >= 0.6 is 0 Å². The Morgan fingerprint density at radius 1 is 1.00 bits per heavy atom. The molecule has 0 aromatic heterocycles. The average molecular weight is 150 g/mol. The van der Waals surface area contributed by atoms with Gasteiger partial charge in [0.15, 0.2) is 0 Å². The summed E-state index contributed by atoms with van der Waals surface area (Å²) in [6.07, 6.45) is 0. The Balaban J connectivity index is -0.000000245. The fourth-order valence-electron chi connectivity index (χ4n) is 0.671. The molecule has 0 radical (unpaired) electrons. The van der Waals surface area contributed by atoms with E-state index in [9.17, 15) is 0 Å². The third-order valence-corrected chi connectivity index (χ3v) is 1.15. The van der Waals surface area contributed by atoms with Crippen molar-refractivity contribution in [3.05, 3.63) is 0 Å². The zero-order valence-electron chi connectivity index (χ0n) is 7.48. The van der Waals surface area contributed by atoms with E-state index in [-0.39, 0.29) is 12.3 Å². The second kappa shape index (κ2) is 11.6. The summed E-state index contributed by atoms with van der Waals surface area (Å²) in [5, 5.41) is 2.18. The Morgan fingerprint density at radius 3 is 1.50 bits per heavy atom. The van der Waals surface area contributed by atoms with E-state index >= 15 is 0 Å². The van der Waals surface area contributed by atoms with Crippen LogP contribution in [0.3, 0.4) is 0 Å². The summed E-state index contributed by atoms with van der Waals surface area (Å²) in [4.78, 5) is 0. The summed E-state index contributed by atoms with van der Waals surface area (Å²) in [6.45, 7) is 9.60. The Labute approximate surface area is 64.1 Å². The van der Waals surface area contributed by atoms with Crippen molar-refractivity contribution in [2.45, 2.75) is 20.8 Å². The molecule has 0 rings (SSSR count). The van der Waals surface area contributed by atoms with Crippen LogP contribution in [0.5, 0.6) is 0 Å². The monoisotopic (exact) mass is 150 g/mol. The first-order valence-electron chi connectivity index (χ1n) is 3.33. The molecule has 4 heteroatoms. The van der Waals surface area contributed by atoms with Crippen molar-refractivity contribution >= 4 is 0 Å². The predicted molar refractivity (Wildman–Crippen MR) is 46.6 cm³/mol. The van der Waals surface area contributed by atoms with Crippen LogP contribution in [0.1, 0.15) is 20.8 Å². The lowest BCUT2D eigenvalue weighted by Gasteiger charge is -2.17. The van der Waals surface area contributed by atoms with Crippen molar-refractivity contribution in [2.24, 2.45) is 0 Å². The van der Waals surface area contributed by atoms with Crippen molar-refractivity contribution in [2.75, 3.05) is 19.6 Å². The van der Waals surface area contributed by atoms with Crippen molar-refractivity contribution < 1.29 is 0 Å². The SMILES string of the molecule is CCNN(CC)CC.N.N. The van der Waals surface area contributed by atoms with Crippen molar-refractivity contribution in [3.63, 3.8) is 0 Å². The molecule has 0 aliphatic carbocycles. The van der Waals surface area contributed by atoms with Gasteiger partial charge in [0, 0.05) is 19.6 Å². The quantitative estimate of drug-likeness (QED) is 0.525. The third-order valence-electron chi connectivity index (χ3n) is 1.15. The number of rotatable bonds is 4. The van der Waals surface area contributed by atoms with E-state index in [0.29, 0.717) is 0 Å². The molecule has 0 aliphatic rings. The maximum Gasteiger partial charge on any atom is 0.0102 e. The maximum absolute atomic E-state index is 3.22. The Bertz CT molecular complexity index is 45.0. The molecule has 66 valence electrons. The van der Waals surface area contributed by atoms with Crippen LogP contribution in [-0.2, 0) is 0 Å². The third kappa shape index (κ3) is 7.84. The molecule has 4 nitrogen and oxygen atoms in total. The molecule has 0 saturated carbocycles. The van der Waals surface area contributed by atoms with E-state index in [1.54, 1.807) is 0 Å². The molecule has 7 N–H and O–H groups in total. The van der Waals surface area contributed by atoms with Gasteiger partial charge in [-0.25, -0.2) is 5.01 Å². The highest BCUT2D eigenvalue weighted by atomic mass is 15.5. The van der Waals surface area contributed by atoms with E-state index in [2.05, 4.69) is 31.2 Å². The molecular weight excluding hydrogens is 128 g/mol. The highest BCUT2D eigenvalue weighted by Crippen LogP contribution is 1.76. The van der Waals surface area contributed by atoms with Crippen molar-refractivity contribution in [1.82, 2.24) is 22.7 Å². The fourth-order valence-corrected chi connectivity index (χ4v) is 0.671. The van der Waals surface area contributed by atoms with Crippen molar-refractivity contribution in [1.29, 1.82) is 0 Å². The largest absolute Gasteiger partial charge is 0.344 e. The molecule has 10 heavy (non-hydrogen) atoms. The number of nitrogens with one attached hydrogen (secondary N) is 1. The van der Waals surface area contributed by atoms with Crippen LogP contribution in [0.2, 0.25) is 0 Å². The van der Waals surface area contributed by atoms with E-state index in [4.69, 9.17) is 0 Å². The van der Waals surface area contributed by atoms with Gasteiger partial charge in [-0.05, 0) is 0 Å². The van der Waals surface area contributed by atoms with Crippen LogP contribution < -0.4 is 17.7 Å². The highest BCUT2D eigenvalue weighted by molar-refractivity contribution is 4.40. The first-order chi connectivity index (χ1) is 3.85. The summed E-state index contributed by atoms with van der Waals surface area (Å²) >= 11 is 0. The molecule has 0 fully saturated rings. The van der Waals surface area contributed by atoms with Gasteiger partial charge in [-0.3, -0.25) is 5.43 Å². The molecule has 0 amide bonds. The second-order valence-corrected chi connectivity index (χ2v) is 1.68. The maximum atomic E-state index is 3.22. The normalized spacial score (nSPS) is 8.40. The predicted octanol–water partition coefficient (Wildman–Crippen LogP) is 1.18. The number of hydrogen-bond donors (Lipinski definition) is 3. The summed E-state index contributed by atoms with van der Waals surface area (Å²) in [7, 11) is 0. The summed E-state index contributed by atoms with van der Waals surface area (Å²) in [5.41, 5.74) is 3.22. The first kappa shape index (κ1) is 16.4. The minimum absolute atomic E-state index is 0. The lowest BCUT2D eigenvalue weighted by atomic mass is 10.6. The minimum Gasteiger partial charge on any atom is -0.344 e. The van der Waals surface area contributed by atoms with Crippen LogP contribution in [-0.4, -0.2) is 24.6 Å². The van der Waals surface area contributed by atoms with E-state index in [1.165, 1.54) is 0 Å². The van der Waals surface area contributed by atoms with Crippen molar-refractivity contribution in [3.8, 4) is 0 Å². The van der Waals surface area contributed by atoms with Crippen LogP contribution in [0.15, 0.2) is 0 Å². The summed E-state index contributed by atoms with van der Waals surface area (Å²) < 4.78 is 0. The standard InChI is InChI=1S/C6H16N2.2H3N/c1-4-7-8(5-2)6-3;;/h7H,4-6H2,1-3H3;2*1H3. The minimum atomic E-state index is 0. The van der Waals surface area contributed by atoms with Gasteiger partial charge in [0.05, 0.1) is 0 Å². The van der Waals surface area contributed by atoms with Gasteiger partial charge in [-0.1, -0.05) is 20.8 Å². The topological polar surface area (TPSA) is 85.3 Å². The average Bonchev–Trinajstić information content (AvgIpc) is 1.83. The molecule has 0 aromatic rings. The van der Waals surface area contributed by atoms with Gasteiger partial charge in [-0.2, -0.15) is 0 Å². The molecule has 0 heterocycles. The lowest BCUT2D eigenvalue weighted by molar-refractivity contribution is 0.215. The van der Waals surface area contributed by atoms with E-state index in [1.807, 2.05) is 0 Å². The lowest BCUT2D eigenvalue weighted by Crippen LogP contribution is -2.37. The molecule has 0 aliphatic heterocycles.